The summed E-state index contributed by atoms with van der Waals surface area (Å²) in [6.07, 6.45) is 5.63. The molecule has 0 radical (unpaired) electrons. The van der Waals surface area contributed by atoms with Crippen molar-refractivity contribution in [3.63, 3.8) is 0 Å². The molecule has 0 aliphatic rings. The summed E-state index contributed by atoms with van der Waals surface area (Å²) in [5.74, 6) is 0.765. The Morgan fingerprint density at radius 1 is 1.08 bits per heavy atom. The van der Waals surface area contributed by atoms with E-state index in [0.29, 0.717) is 11.8 Å². The molecule has 0 amide bonds. The number of aromatic nitrogens is 2. The van der Waals surface area contributed by atoms with Gasteiger partial charge in [-0.25, -0.2) is 9.07 Å². The molecule has 0 saturated carbocycles. The molecule has 0 unspecified atom stereocenters. The maximum Gasteiger partial charge on any atom is 0.123 e. The third-order valence-electron chi connectivity index (χ3n) is 5.01. The van der Waals surface area contributed by atoms with Crippen LogP contribution in [0.1, 0.15) is 94.7 Å². The highest BCUT2D eigenvalue weighted by Gasteiger charge is 2.25. The number of hydrogen-bond acceptors (Lipinski definition) is 1. The van der Waals surface area contributed by atoms with Crippen LogP contribution in [0.2, 0.25) is 0 Å². The fourth-order valence-electron chi connectivity index (χ4n) is 3.93. The van der Waals surface area contributed by atoms with Gasteiger partial charge in [0.2, 0.25) is 0 Å². The number of aryl methyl sites for hydroxylation is 1. The average molecular weight is 345 g/mol. The van der Waals surface area contributed by atoms with Gasteiger partial charge in [0.1, 0.15) is 5.82 Å². The first-order valence-electron chi connectivity index (χ1n) is 9.82. The summed E-state index contributed by atoms with van der Waals surface area (Å²) in [6.45, 7) is 13.2. The lowest BCUT2D eigenvalue weighted by Gasteiger charge is -2.17. The molecule has 0 bridgehead atoms. The summed E-state index contributed by atoms with van der Waals surface area (Å²) >= 11 is 0. The topological polar surface area (TPSA) is 17.8 Å². The van der Waals surface area contributed by atoms with Gasteiger partial charge in [-0.1, -0.05) is 47.5 Å². The minimum absolute atomic E-state index is 0.189. The molecule has 0 spiro atoms. The largest absolute Gasteiger partial charge is 0.237 e. The van der Waals surface area contributed by atoms with Gasteiger partial charge in [0, 0.05) is 11.6 Å². The van der Waals surface area contributed by atoms with Gasteiger partial charge in [0.05, 0.1) is 11.4 Å². The van der Waals surface area contributed by atoms with Crippen LogP contribution in [-0.2, 0) is 6.42 Å². The lowest BCUT2D eigenvalue weighted by atomic mass is 9.87. The quantitative estimate of drug-likeness (QED) is 0.521. The van der Waals surface area contributed by atoms with E-state index in [1.807, 2.05) is 13.0 Å². The van der Waals surface area contributed by atoms with E-state index in [1.54, 1.807) is 6.07 Å². The number of benzene rings is 1. The van der Waals surface area contributed by atoms with E-state index >= 15 is 0 Å². The Morgan fingerprint density at radius 2 is 1.72 bits per heavy atom. The first kappa shape index (κ1) is 19.7. The molecule has 1 heterocycles. The molecule has 0 saturated heterocycles. The second-order valence-electron chi connectivity index (χ2n) is 7.37. The smallest absolute Gasteiger partial charge is 0.123 e. The van der Waals surface area contributed by atoms with E-state index < -0.39 is 0 Å². The van der Waals surface area contributed by atoms with Crippen molar-refractivity contribution in [3.8, 4) is 5.69 Å². The zero-order chi connectivity index (χ0) is 18.6. The monoisotopic (exact) mass is 344 g/mol. The van der Waals surface area contributed by atoms with E-state index in [9.17, 15) is 4.39 Å². The van der Waals surface area contributed by atoms with Crippen LogP contribution in [0.4, 0.5) is 4.39 Å². The molecule has 2 aromatic rings. The highest BCUT2D eigenvalue weighted by Crippen LogP contribution is 2.35. The van der Waals surface area contributed by atoms with Gasteiger partial charge in [-0.2, -0.15) is 5.10 Å². The minimum atomic E-state index is -0.189. The van der Waals surface area contributed by atoms with Crippen LogP contribution in [0.5, 0.6) is 0 Å². The number of rotatable bonds is 8. The first-order valence-corrected chi connectivity index (χ1v) is 9.82. The molecule has 0 atom stereocenters. The van der Waals surface area contributed by atoms with Crippen LogP contribution in [0.25, 0.3) is 5.69 Å². The molecular weight excluding hydrogens is 311 g/mol. The molecule has 0 N–H and O–H groups in total. The van der Waals surface area contributed by atoms with Crippen molar-refractivity contribution < 1.29 is 4.39 Å². The standard InChI is InChI=1S/C22H33FN2/c1-7-10-17(11-8-2)22-21(15(4)5)19(9-3)25(24-22)20-13-12-18(23)14-16(20)6/h12-15,17H,7-11H2,1-6H3. The van der Waals surface area contributed by atoms with Crippen LogP contribution in [0.15, 0.2) is 18.2 Å². The Kier molecular flexibility index (Phi) is 6.80. The van der Waals surface area contributed by atoms with Crippen molar-refractivity contribution >= 4 is 0 Å². The average Bonchev–Trinajstić information content (AvgIpc) is 2.94. The maximum absolute atomic E-state index is 13.6. The van der Waals surface area contributed by atoms with Gasteiger partial charge < -0.3 is 0 Å². The fourth-order valence-corrected chi connectivity index (χ4v) is 3.93. The summed E-state index contributed by atoms with van der Waals surface area (Å²) in [7, 11) is 0. The molecule has 0 aliphatic heterocycles. The lowest BCUT2D eigenvalue weighted by molar-refractivity contribution is 0.537. The zero-order valence-corrected chi connectivity index (χ0v) is 16.7. The Morgan fingerprint density at radius 3 is 2.20 bits per heavy atom. The Balaban J connectivity index is 2.67. The van der Waals surface area contributed by atoms with E-state index in [4.69, 9.17) is 5.10 Å². The van der Waals surface area contributed by atoms with Gasteiger partial charge in [-0.15, -0.1) is 0 Å². The Labute approximate surface area is 152 Å². The zero-order valence-electron chi connectivity index (χ0n) is 16.7. The predicted molar refractivity (Wildman–Crippen MR) is 104 cm³/mol. The SMILES string of the molecule is CCCC(CCC)c1nn(-c2ccc(F)cc2C)c(CC)c1C(C)C. The number of halogens is 1. The van der Waals surface area contributed by atoms with Crippen LogP contribution in [0.3, 0.4) is 0 Å². The molecule has 2 nitrogen and oxygen atoms in total. The van der Waals surface area contributed by atoms with E-state index in [2.05, 4.69) is 39.3 Å². The molecule has 1 aromatic heterocycles. The van der Waals surface area contributed by atoms with Gasteiger partial charge >= 0.3 is 0 Å². The Hall–Kier alpha value is -1.64. The van der Waals surface area contributed by atoms with E-state index in [-0.39, 0.29) is 5.82 Å². The summed E-state index contributed by atoms with van der Waals surface area (Å²) in [5.41, 5.74) is 5.87. The van der Waals surface area contributed by atoms with Gasteiger partial charge in [-0.3, -0.25) is 0 Å². The molecule has 1 aromatic carbocycles. The van der Waals surface area contributed by atoms with E-state index in [1.165, 1.54) is 48.7 Å². The summed E-state index contributed by atoms with van der Waals surface area (Å²) < 4.78 is 15.6. The summed E-state index contributed by atoms with van der Waals surface area (Å²) in [6, 6.07) is 4.99. The van der Waals surface area contributed by atoms with Crippen molar-refractivity contribution in [1.82, 2.24) is 9.78 Å². The van der Waals surface area contributed by atoms with Crippen molar-refractivity contribution in [1.29, 1.82) is 0 Å². The second kappa shape index (κ2) is 8.64. The third-order valence-corrected chi connectivity index (χ3v) is 5.01. The number of hydrogen-bond donors (Lipinski definition) is 0. The van der Waals surface area contributed by atoms with Crippen LogP contribution >= 0.6 is 0 Å². The molecule has 25 heavy (non-hydrogen) atoms. The highest BCUT2D eigenvalue weighted by molar-refractivity contribution is 5.45. The predicted octanol–water partition coefficient (Wildman–Crippen LogP) is 6.69. The number of nitrogens with zero attached hydrogens (tertiary/aromatic N) is 2. The van der Waals surface area contributed by atoms with E-state index in [0.717, 1.165) is 17.7 Å². The van der Waals surface area contributed by atoms with Gasteiger partial charge in [0.15, 0.2) is 0 Å². The molecular formula is C22H33FN2. The van der Waals surface area contributed by atoms with Crippen molar-refractivity contribution in [2.45, 2.75) is 85.5 Å². The molecule has 0 fully saturated rings. The molecule has 3 heteroatoms. The normalized spacial score (nSPS) is 11.7. The van der Waals surface area contributed by atoms with Crippen LogP contribution in [-0.4, -0.2) is 9.78 Å². The second-order valence-corrected chi connectivity index (χ2v) is 7.37. The van der Waals surface area contributed by atoms with Crippen molar-refractivity contribution in [3.05, 3.63) is 46.5 Å². The highest BCUT2D eigenvalue weighted by atomic mass is 19.1. The molecule has 138 valence electrons. The van der Waals surface area contributed by atoms with Gasteiger partial charge in [-0.05, 0) is 61.4 Å². The van der Waals surface area contributed by atoms with Crippen LogP contribution in [0, 0.1) is 12.7 Å². The minimum Gasteiger partial charge on any atom is -0.237 e. The maximum atomic E-state index is 13.6. The van der Waals surface area contributed by atoms with Crippen molar-refractivity contribution in [2.24, 2.45) is 0 Å². The van der Waals surface area contributed by atoms with Crippen LogP contribution < -0.4 is 0 Å². The summed E-state index contributed by atoms with van der Waals surface area (Å²) in [4.78, 5) is 0. The fraction of sp³-hybridized carbons (Fsp3) is 0.591. The van der Waals surface area contributed by atoms with Crippen molar-refractivity contribution in [2.75, 3.05) is 0 Å². The summed E-state index contributed by atoms with van der Waals surface area (Å²) in [5, 5.41) is 5.09. The molecule has 2 rings (SSSR count). The Bertz CT molecular complexity index is 694. The third kappa shape index (κ3) is 4.13. The molecule has 0 aliphatic carbocycles. The lowest BCUT2D eigenvalue weighted by Crippen LogP contribution is -2.05. The first-order chi connectivity index (χ1) is 11.9. The van der Waals surface area contributed by atoms with Gasteiger partial charge in [0.25, 0.3) is 0 Å².